The maximum Gasteiger partial charge on any atom is 0.410 e. The first-order valence-electron chi connectivity index (χ1n) is 13.1. The lowest BCUT2D eigenvalue weighted by atomic mass is 9.89. The fourth-order valence-corrected chi connectivity index (χ4v) is 4.88. The molecule has 12 heteroatoms. The van der Waals surface area contributed by atoms with Crippen LogP contribution in [0.25, 0.3) is 0 Å². The zero-order valence-corrected chi connectivity index (χ0v) is 22.5. The van der Waals surface area contributed by atoms with Gasteiger partial charge in [-0.1, -0.05) is 12.1 Å². The number of aliphatic hydroxyl groups is 1. The smallest absolute Gasteiger partial charge is 0.410 e. The zero-order chi connectivity index (χ0) is 28.4. The topological polar surface area (TPSA) is 134 Å². The van der Waals surface area contributed by atoms with Crippen LogP contribution in [0.1, 0.15) is 62.0 Å². The first kappa shape index (κ1) is 28.5. The summed E-state index contributed by atoms with van der Waals surface area (Å²) in [4.78, 5) is 36.3. The molecule has 2 saturated heterocycles. The number of amides is 2. The number of benzene rings is 1. The van der Waals surface area contributed by atoms with E-state index in [1.54, 1.807) is 9.80 Å². The van der Waals surface area contributed by atoms with Crippen LogP contribution in [0.3, 0.4) is 0 Å². The molecule has 1 aromatic heterocycles. The number of carbonyl (C=O) groups excluding carboxylic acids is 2. The molecular weight excluding hydrogens is 510 g/mol. The number of rotatable bonds is 6. The first-order chi connectivity index (χ1) is 18.4. The number of nitrogens with one attached hydrogen (secondary N) is 1. The minimum absolute atomic E-state index is 0.0367. The number of halogens is 2. The molecule has 2 fully saturated rings. The maximum atomic E-state index is 14.1. The molecule has 3 heterocycles. The van der Waals surface area contributed by atoms with Crippen molar-refractivity contribution in [2.75, 3.05) is 43.0 Å². The maximum absolute atomic E-state index is 14.1. The highest BCUT2D eigenvalue weighted by Gasteiger charge is 2.44. The number of alkyl halides is 2. The van der Waals surface area contributed by atoms with Crippen molar-refractivity contribution in [1.82, 2.24) is 14.9 Å². The molecule has 0 aliphatic carbocycles. The van der Waals surface area contributed by atoms with Crippen molar-refractivity contribution in [3.63, 3.8) is 0 Å². The number of hydrogen-bond acceptors (Lipinski definition) is 8. The van der Waals surface area contributed by atoms with E-state index in [-0.39, 0.29) is 30.7 Å². The van der Waals surface area contributed by atoms with E-state index < -0.39 is 36.4 Å². The summed E-state index contributed by atoms with van der Waals surface area (Å²) in [7, 11) is 0. The van der Waals surface area contributed by atoms with Crippen LogP contribution in [0.2, 0.25) is 0 Å². The van der Waals surface area contributed by atoms with E-state index in [0.29, 0.717) is 30.5 Å². The molecule has 10 nitrogen and oxygen atoms in total. The predicted molar refractivity (Wildman–Crippen MR) is 142 cm³/mol. The predicted octanol–water partition coefficient (Wildman–Crippen LogP) is 3.89. The number of aromatic nitrogens is 2. The summed E-state index contributed by atoms with van der Waals surface area (Å²) in [5.74, 6) is -4.23. The lowest BCUT2D eigenvalue weighted by Gasteiger charge is -2.38. The second-order valence-electron chi connectivity index (χ2n) is 11.1. The van der Waals surface area contributed by atoms with Crippen LogP contribution in [0.15, 0.2) is 30.5 Å². The molecule has 1 atom stereocenters. The molecule has 2 aliphatic heterocycles. The minimum Gasteiger partial charge on any atom is -0.444 e. The van der Waals surface area contributed by atoms with Crippen molar-refractivity contribution < 1.29 is 28.2 Å². The van der Waals surface area contributed by atoms with Gasteiger partial charge in [-0.15, -0.1) is 0 Å². The Morgan fingerprint density at radius 1 is 1.18 bits per heavy atom. The number of piperidine rings is 2. The molecule has 2 aliphatic rings. The van der Waals surface area contributed by atoms with Crippen molar-refractivity contribution in [1.29, 1.82) is 0 Å². The Bertz CT molecular complexity index is 1180. The molecule has 0 unspecified atom stereocenters. The van der Waals surface area contributed by atoms with Gasteiger partial charge in [-0.2, -0.15) is 0 Å². The molecule has 0 spiro atoms. The Balaban J connectivity index is 1.43. The third-order valence-electron chi connectivity index (χ3n) is 7.08. The van der Waals surface area contributed by atoms with Gasteiger partial charge in [0.15, 0.2) is 11.5 Å². The fourth-order valence-electron chi connectivity index (χ4n) is 4.88. The van der Waals surface area contributed by atoms with Gasteiger partial charge in [0.1, 0.15) is 11.4 Å². The normalized spacial score (nSPS) is 20.0. The van der Waals surface area contributed by atoms with Crippen LogP contribution >= 0.6 is 0 Å². The summed E-state index contributed by atoms with van der Waals surface area (Å²) in [6.07, 6.45) is 2.25. The molecule has 0 radical (unpaired) electrons. The Morgan fingerprint density at radius 2 is 1.85 bits per heavy atom. The van der Waals surface area contributed by atoms with Gasteiger partial charge in [0, 0.05) is 38.3 Å². The highest BCUT2D eigenvalue weighted by atomic mass is 19.3. The highest BCUT2D eigenvalue weighted by molar-refractivity contribution is 5.96. The van der Waals surface area contributed by atoms with Crippen molar-refractivity contribution in [2.45, 2.75) is 57.5 Å². The number of ether oxygens (including phenoxy) is 1. The van der Waals surface area contributed by atoms with Gasteiger partial charge < -0.3 is 30.7 Å². The van der Waals surface area contributed by atoms with Gasteiger partial charge in [0.2, 0.25) is 0 Å². The second-order valence-corrected chi connectivity index (χ2v) is 11.1. The average molecular weight is 547 g/mol. The number of anilines is 3. The third kappa shape index (κ3) is 6.92. The van der Waals surface area contributed by atoms with Crippen molar-refractivity contribution in [3.8, 4) is 0 Å². The van der Waals surface area contributed by atoms with Crippen LogP contribution < -0.4 is 16.0 Å². The summed E-state index contributed by atoms with van der Waals surface area (Å²) < 4.78 is 33.6. The zero-order valence-electron chi connectivity index (χ0n) is 22.5. The van der Waals surface area contributed by atoms with Gasteiger partial charge >= 0.3 is 6.09 Å². The Morgan fingerprint density at radius 3 is 2.44 bits per heavy atom. The first-order valence-corrected chi connectivity index (χ1v) is 13.1. The fraction of sp³-hybridized carbons (Fsp3) is 0.556. The number of hydrogen-bond donors (Lipinski definition) is 3. The number of aliphatic hydroxyl groups excluding tert-OH is 1. The van der Waals surface area contributed by atoms with E-state index in [2.05, 4.69) is 15.3 Å². The highest BCUT2D eigenvalue weighted by Crippen LogP contribution is 2.35. The standard InChI is InChI=1S/C27H36F2N6O4/c1-26(2,3)39-25(38)34-11-8-18(9-12-34)17-4-6-20(7-5-17)32-24-22(23(30)37)31-14-21(33-24)35-13-10-27(28,29)19(15-35)16-36/h4-7,14,18-19,36H,8-13,15-16H2,1-3H3,(H2,30,37)(H,32,33)/t19-/m1/s1. The number of nitrogens with zero attached hydrogens (tertiary/aromatic N) is 4. The van der Waals surface area contributed by atoms with Gasteiger partial charge in [0.25, 0.3) is 11.8 Å². The lowest BCUT2D eigenvalue weighted by molar-refractivity contribution is -0.0880. The van der Waals surface area contributed by atoms with Gasteiger partial charge in [-0.25, -0.2) is 23.5 Å². The van der Waals surface area contributed by atoms with E-state index in [4.69, 9.17) is 10.5 Å². The van der Waals surface area contributed by atoms with Crippen LogP contribution in [0.5, 0.6) is 0 Å². The molecule has 2 amide bonds. The van der Waals surface area contributed by atoms with Gasteiger partial charge in [-0.05, 0) is 57.2 Å². The molecule has 39 heavy (non-hydrogen) atoms. The summed E-state index contributed by atoms with van der Waals surface area (Å²) >= 11 is 0. The summed E-state index contributed by atoms with van der Waals surface area (Å²) in [5.41, 5.74) is 6.68. The third-order valence-corrected chi connectivity index (χ3v) is 7.08. The lowest BCUT2D eigenvalue weighted by Crippen LogP contribution is -2.49. The Kier molecular flexibility index (Phi) is 8.24. The number of primary amides is 1. The van der Waals surface area contributed by atoms with E-state index >= 15 is 0 Å². The van der Waals surface area contributed by atoms with Crippen molar-refractivity contribution in [3.05, 3.63) is 41.7 Å². The Labute approximate surface area is 226 Å². The number of likely N-dealkylation sites (tertiary alicyclic amines) is 1. The molecule has 4 N–H and O–H groups in total. The van der Waals surface area contributed by atoms with Crippen molar-refractivity contribution >= 4 is 29.3 Å². The molecular formula is C27H36F2N6O4. The molecule has 0 saturated carbocycles. The van der Waals surface area contributed by atoms with Crippen LogP contribution in [-0.4, -0.2) is 76.3 Å². The van der Waals surface area contributed by atoms with E-state index in [9.17, 15) is 23.5 Å². The summed E-state index contributed by atoms with van der Waals surface area (Å²) in [6, 6.07) is 7.68. The van der Waals surface area contributed by atoms with Crippen LogP contribution in [0, 0.1) is 5.92 Å². The Hall–Kier alpha value is -3.54. The minimum atomic E-state index is -2.96. The van der Waals surface area contributed by atoms with Crippen molar-refractivity contribution in [2.24, 2.45) is 11.7 Å². The monoisotopic (exact) mass is 546 g/mol. The molecule has 0 bridgehead atoms. The summed E-state index contributed by atoms with van der Waals surface area (Å²) in [6.45, 7) is 6.08. The average Bonchev–Trinajstić information content (AvgIpc) is 2.88. The van der Waals surface area contributed by atoms with Gasteiger partial charge in [-0.3, -0.25) is 4.79 Å². The SMILES string of the molecule is CC(C)(C)OC(=O)N1CCC(c2ccc(Nc3nc(N4CCC(F)(F)[C@@H](CO)C4)cnc3C(N)=O)cc2)CC1. The van der Waals surface area contributed by atoms with Gasteiger partial charge in [0.05, 0.1) is 18.7 Å². The molecule has 4 rings (SSSR count). The van der Waals surface area contributed by atoms with E-state index in [1.807, 2.05) is 45.0 Å². The largest absolute Gasteiger partial charge is 0.444 e. The number of nitrogens with two attached hydrogens (primary N) is 1. The number of carbonyl (C=O) groups is 2. The second kappa shape index (κ2) is 11.3. The molecule has 2 aromatic rings. The molecule has 212 valence electrons. The van der Waals surface area contributed by atoms with E-state index in [1.165, 1.54) is 6.20 Å². The molecule has 1 aromatic carbocycles. The van der Waals surface area contributed by atoms with Crippen LogP contribution in [-0.2, 0) is 4.74 Å². The van der Waals surface area contributed by atoms with E-state index in [0.717, 1.165) is 18.4 Å². The summed E-state index contributed by atoms with van der Waals surface area (Å²) in [5, 5.41) is 12.5. The quantitative estimate of drug-likeness (QED) is 0.497. The van der Waals surface area contributed by atoms with Crippen LogP contribution in [0.4, 0.5) is 30.9 Å².